The number of carbonyl (C=O) groups excluding carboxylic acids is 1. The van der Waals surface area contributed by atoms with E-state index >= 15 is 0 Å². The second-order valence-electron chi connectivity index (χ2n) is 13.1. The molecule has 0 bridgehead atoms. The number of hydrogen-bond donors (Lipinski definition) is 4. The third kappa shape index (κ3) is 6.97. The molecule has 1 atom stereocenters. The molecule has 4 heterocycles. The zero-order chi connectivity index (χ0) is 37.6. The molecule has 0 radical (unpaired) electrons. The number of carbonyl (C=O) groups is 1. The van der Waals surface area contributed by atoms with Crippen molar-refractivity contribution in [3.05, 3.63) is 109 Å². The van der Waals surface area contributed by atoms with Gasteiger partial charge in [-0.25, -0.2) is 0 Å². The van der Waals surface area contributed by atoms with Gasteiger partial charge in [-0.05, 0) is 92.5 Å². The van der Waals surface area contributed by atoms with E-state index in [0.29, 0.717) is 44.0 Å². The number of aromatic nitrogens is 6. The van der Waals surface area contributed by atoms with E-state index in [4.69, 9.17) is 33.5 Å². The maximum Gasteiger partial charge on any atom is 0.222 e. The highest BCUT2D eigenvalue weighted by molar-refractivity contribution is 7.71. The Balaban J connectivity index is 1.04. The maximum absolute atomic E-state index is 13.4. The SMILES string of the molecule is Cc1sc2c(c1C)C(c1ccc(Cl)cc1)=N[C@@H](CC(=O)NCCOc1ccc(-n3c(-c4cc(C(C)C)c(O)cc4O)n[nH]c3=S)cc1)c1nnc(C)n1-2. The lowest BCUT2D eigenvalue weighted by atomic mass is 9.98. The van der Waals surface area contributed by atoms with Crippen molar-refractivity contribution in [3.63, 3.8) is 0 Å². The summed E-state index contributed by atoms with van der Waals surface area (Å²) in [6.07, 6.45) is 0.0693. The molecule has 53 heavy (non-hydrogen) atoms. The fraction of sp³-hybridized carbons (Fsp3) is 0.263. The van der Waals surface area contributed by atoms with Crippen molar-refractivity contribution in [2.45, 2.75) is 53.0 Å². The Morgan fingerprint density at radius 3 is 2.49 bits per heavy atom. The number of nitrogens with zero attached hydrogens (tertiary/aromatic N) is 6. The van der Waals surface area contributed by atoms with Crippen LogP contribution in [0.1, 0.15) is 71.0 Å². The summed E-state index contributed by atoms with van der Waals surface area (Å²) in [6, 6.07) is 17.3. The predicted octanol–water partition coefficient (Wildman–Crippen LogP) is 7.83. The number of fused-ring (bicyclic) bond motifs is 3. The fourth-order valence-electron chi connectivity index (χ4n) is 6.38. The molecular formula is C38H37ClN8O4S2. The molecule has 1 amide bonds. The second kappa shape index (κ2) is 14.6. The number of halogens is 1. The first kappa shape index (κ1) is 36.1. The van der Waals surface area contributed by atoms with Crippen molar-refractivity contribution >= 4 is 46.8 Å². The Bertz CT molecular complexity index is 2430. The summed E-state index contributed by atoms with van der Waals surface area (Å²) < 4.78 is 10.0. The molecule has 0 fully saturated rings. The van der Waals surface area contributed by atoms with Gasteiger partial charge >= 0.3 is 0 Å². The minimum atomic E-state index is -0.574. The molecule has 0 unspecified atom stereocenters. The van der Waals surface area contributed by atoms with Crippen LogP contribution in [0.3, 0.4) is 0 Å². The van der Waals surface area contributed by atoms with E-state index in [-0.39, 0.29) is 42.9 Å². The van der Waals surface area contributed by atoms with E-state index < -0.39 is 6.04 Å². The molecule has 0 saturated carbocycles. The smallest absolute Gasteiger partial charge is 0.222 e. The largest absolute Gasteiger partial charge is 0.508 e. The quantitative estimate of drug-likeness (QED) is 0.0812. The summed E-state index contributed by atoms with van der Waals surface area (Å²) in [5.41, 5.74) is 5.63. The standard InChI is InChI=1S/C38H37ClN8O4S2/c1-19(2)27-16-28(31(49)18-30(27)48)35-43-45-38(52)47(35)25-10-12-26(13-11-25)51-15-14-40-32(50)17-29-36-44-42-22(5)46(36)37-33(20(3)21(4)53-37)34(41-29)23-6-8-24(39)9-7-23/h6-13,16,18-19,29,48-49H,14-15,17H2,1-5H3,(H,40,50)(H,45,52)/t29-/m0/s1. The Labute approximate surface area is 319 Å². The van der Waals surface area contributed by atoms with Crippen LogP contribution in [0.25, 0.3) is 22.1 Å². The molecule has 3 aromatic heterocycles. The molecule has 1 aliphatic rings. The van der Waals surface area contributed by atoms with E-state index in [1.165, 1.54) is 10.9 Å². The summed E-state index contributed by atoms with van der Waals surface area (Å²) in [5, 5.41) is 41.6. The average molecular weight is 769 g/mol. The number of rotatable bonds is 10. The van der Waals surface area contributed by atoms with Crippen LogP contribution >= 0.6 is 35.2 Å². The fourth-order valence-corrected chi connectivity index (χ4v) is 7.96. The van der Waals surface area contributed by atoms with E-state index in [9.17, 15) is 15.0 Å². The highest BCUT2D eigenvalue weighted by Crippen LogP contribution is 2.40. The van der Waals surface area contributed by atoms with Crippen LogP contribution < -0.4 is 10.1 Å². The first-order valence-electron chi connectivity index (χ1n) is 17.0. The highest BCUT2D eigenvalue weighted by Gasteiger charge is 2.32. The van der Waals surface area contributed by atoms with Crippen molar-refractivity contribution in [2.24, 2.45) is 4.99 Å². The number of aromatic amines is 1. The number of phenols is 2. The summed E-state index contributed by atoms with van der Waals surface area (Å²) in [5.74, 6) is 2.07. The van der Waals surface area contributed by atoms with E-state index in [2.05, 4.69) is 39.6 Å². The minimum Gasteiger partial charge on any atom is -0.508 e. The Hall–Kier alpha value is -5.31. The van der Waals surface area contributed by atoms with Crippen LogP contribution in [0.15, 0.2) is 65.7 Å². The molecular weight excluding hydrogens is 732 g/mol. The number of nitrogens with one attached hydrogen (secondary N) is 2. The number of thiophene rings is 1. The number of H-pyrrole nitrogens is 1. The second-order valence-corrected chi connectivity index (χ2v) is 15.1. The number of aromatic hydroxyl groups is 2. The predicted molar refractivity (Wildman–Crippen MR) is 208 cm³/mol. The molecule has 12 nitrogen and oxygen atoms in total. The maximum atomic E-state index is 13.4. The number of benzene rings is 3. The zero-order valence-electron chi connectivity index (χ0n) is 29.6. The third-order valence-electron chi connectivity index (χ3n) is 9.20. The number of hydrogen-bond acceptors (Lipinski definition) is 10. The lowest BCUT2D eigenvalue weighted by molar-refractivity contribution is -0.121. The first-order chi connectivity index (χ1) is 25.4. The Morgan fingerprint density at radius 1 is 1.04 bits per heavy atom. The van der Waals surface area contributed by atoms with Crippen LogP contribution in [0.2, 0.25) is 5.02 Å². The van der Waals surface area contributed by atoms with Gasteiger partial charge in [-0.3, -0.25) is 24.0 Å². The number of phenolic OH excluding ortho intramolecular Hbond substituents is 2. The lowest BCUT2D eigenvalue weighted by Gasteiger charge is -2.14. The van der Waals surface area contributed by atoms with Crippen molar-refractivity contribution in [2.75, 3.05) is 13.2 Å². The van der Waals surface area contributed by atoms with Gasteiger partial charge in [-0.1, -0.05) is 37.6 Å². The number of ether oxygens (including phenoxy) is 1. The summed E-state index contributed by atoms with van der Waals surface area (Å²) >= 11 is 13.4. The molecule has 15 heteroatoms. The monoisotopic (exact) mass is 768 g/mol. The minimum absolute atomic E-state index is 0.0164. The van der Waals surface area contributed by atoms with Gasteiger partial charge in [0.2, 0.25) is 5.91 Å². The van der Waals surface area contributed by atoms with Crippen molar-refractivity contribution in [3.8, 4) is 39.3 Å². The average Bonchev–Trinajstić information content (AvgIpc) is 3.76. The number of aliphatic imine (C=N–C) groups is 1. The molecule has 4 N–H and O–H groups in total. The van der Waals surface area contributed by atoms with Gasteiger partial charge in [-0.2, -0.15) is 5.10 Å². The lowest BCUT2D eigenvalue weighted by Crippen LogP contribution is -2.29. The van der Waals surface area contributed by atoms with E-state index in [0.717, 1.165) is 33.2 Å². The van der Waals surface area contributed by atoms with Crippen molar-refractivity contribution in [1.29, 1.82) is 0 Å². The van der Waals surface area contributed by atoms with E-state index in [1.807, 2.05) is 61.7 Å². The molecule has 272 valence electrons. The summed E-state index contributed by atoms with van der Waals surface area (Å²) in [4.78, 5) is 19.7. The molecule has 0 spiro atoms. The first-order valence-corrected chi connectivity index (χ1v) is 18.6. The molecule has 0 aliphatic carbocycles. The van der Waals surface area contributed by atoms with Crippen LogP contribution in [-0.2, 0) is 4.79 Å². The van der Waals surface area contributed by atoms with Crippen LogP contribution in [0.4, 0.5) is 0 Å². The summed E-state index contributed by atoms with van der Waals surface area (Å²) in [7, 11) is 0. The molecule has 7 rings (SSSR count). The normalized spacial score (nSPS) is 13.7. The van der Waals surface area contributed by atoms with Crippen molar-refractivity contribution < 1.29 is 19.7 Å². The molecule has 0 saturated heterocycles. The molecule has 6 aromatic rings. The van der Waals surface area contributed by atoms with Gasteiger partial charge in [0.05, 0.1) is 29.9 Å². The van der Waals surface area contributed by atoms with Crippen LogP contribution in [0.5, 0.6) is 17.2 Å². The van der Waals surface area contributed by atoms with Crippen LogP contribution in [0, 0.1) is 25.5 Å². The van der Waals surface area contributed by atoms with Crippen molar-refractivity contribution in [1.82, 2.24) is 34.8 Å². The molecule has 1 aliphatic heterocycles. The zero-order valence-corrected chi connectivity index (χ0v) is 32.0. The number of amides is 1. The molecule has 3 aromatic carbocycles. The van der Waals surface area contributed by atoms with Gasteiger partial charge in [-0.15, -0.1) is 21.5 Å². The van der Waals surface area contributed by atoms with Gasteiger partial charge in [0.25, 0.3) is 0 Å². The van der Waals surface area contributed by atoms with E-state index in [1.54, 1.807) is 34.1 Å². The topological polar surface area (TPSA) is 155 Å². The Morgan fingerprint density at radius 2 is 1.77 bits per heavy atom. The Kier molecular flexibility index (Phi) is 9.94. The number of aryl methyl sites for hydroxylation is 2. The van der Waals surface area contributed by atoms with Gasteiger partial charge in [0.1, 0.15) is 40.7 Å². The third-order valence-corrected chi connectivity index (χ3v) is 10.9. The van der Waals surface area contributed by atoms with Gasteiger partial charge in [0, 0.05) is 27.1 Å². The van der Waals surface area contributed by atoms with Gasteiger partial charge < -0.3 is 20.3 Å². The summed E-state index contributed by atoms with van der Waals surface area (Å²) in [6.45, 7) is 10.5. The van der Waals surface area contributed by atoms with Gasteiger partial charge in [0.15, 0.2) is 16.4 Å². The van der Waals surface area contributed by atoms with Crippen LogP contribution in [-0.4, -0.2) is 64.5 Å². The highest BCUT2D eigenvalue weighted by atomic mass is 35.5.